The summed E-state index contributed by atoms with van der Waals surface area (Å²) in [6, 6.07) is 2.37. The van der Waals surface area contributed by atoms with Crippen molar-refractivity contribution in [2.24, 2.45) is 0 Å². The second kappa shape index (κ2) is 8.08. The van der Waals surface area contributed by atoms with Crippen molar-refractivity contribution in [2.75, 3.05) is 13.2 Å². The number of carbonyl (C=O) groups is 2. The molecule has 0 heterocycles. The molecule has 0 saturated heterocycles. The van der Waals surface area contributed by atoms with Gasteiger partial charge in [-0.05, 0) is 13.0 Å². The van der Waals surface area contributed by atoms with Gasteiger partial charge in [-0.1, -0.05) is 0 Å². The molecule has 0 aliphatic heterocycles. The molecule has 8 heteroatoms. The van der Waals surface area contributed by atoms with Crippen molar-refractivity contribution in [3.05, 3.63) is 33.4 Å². The van der Waals surface area contributed by atoms with E-state index in [1.54, 1.807) is 0 Å². The van der Waals surface area contributed by atoms with Crippen LogP contribution in [0.3, 0.4) is 0 Å². The first-order valence-corrected chi connectivity index (χ1v) is 6.56. The second-order valence-electron chi connectivity index (χ2n) is 4.49. The topological polar surface area (TPSA) is 116 Å². The summed E-state index contributed by atoms with van der Waals surface area (Å²) in [5, 5.41) is 20.3. The molecule has 120 valence electrons. The monoisotopic (exact) mass is 311 g/mol. The Bertz CT molecular complexity index is 583. The first-order chi connectivity index (χ1) is 10.4. The fraction of sp³-hybridized carbons (Fsp3) is 0.429. The number of nitrogens with zero attached hydrogens (tertiary/aromatic N) is 1. The van der Waals surface area contributed by atoms with Crippen LogP contribution in [0.25, 0.3) is 0 Å². The van der Waals surface area contributed by atoms with E-state index in [1.165, 1.54) is 19.9 Å². The fourth-order valence-corrected chi connectivity index (χ4v) is 1.76. The number of esters is 1. The highest BCUT2D eigenvalue weighted by Gasteiger charge is 2.21. The molecule has 8 nitrogen and oxygen atoms in total. The number of rotatable bonds is 8. The molecule has 0 saturated carbocycles. The quantitative estimate of drug-likeness (QED) is 0.255. The van der Waals surface area contributed by atoms with Gasteiger partial charge in [0.05, 0.1) is 36.4 Å². The van der Waals surface area contributed by atoms with Crippen LogP contribution in [0, 0.1) is 10.1 Å². The third-order valence-electron chi connectivity index (χ3n) is 2.78. The molecule has 1 rings (SSSR count). The molecule has 0 unspecified atom stereocenters. The molecule has 0 fully saturated rings. The van der Waals surface area contributed by atoms with Crippen LogP contribution in [-0.2, 0) is 16.1 Å². The SMILES string of the molecule is CC(=O)OCCCOc1cc([N+](=O)[O-])c(C(C)=O)cc1CO. The molecule has 0 aromatic heterocycles. The molecule has 0 amide bonds. The number of aliphatic hydroxyl groups is 1. The first kappa shape index (κ1) is 17.6. The number of Topliss-reactive ketones (excluding diaryl/α,β-unsaturated/α-hetero) is 1. The van der Waals surface area contributed by atoms with E-state index in [-0.39, 0.29) is 35.8 Å². The van der Waals surface area contributed by atoms with Gasteiger partial charge in [-0.3, -0.25) is 19.7 Å². The Morgan fingerprint density at radius 3 is 2.45 bits per heavy atom. The van der Waals surface area contributed by atoms with Crippen LogP contribution in [0.1, 0.15) is 36.2 Å². The summed E-state index contributed by atoms with van der Waals surface area (Å²) < 4.78 is 10.1. The minimum Gasteiger partial charge on any atom is -0.493 e. The van der Waals surface area contributed by atoms with Gasteiger partial charge in [0.1, 0.15) is 5.75 Å². The van der Waals surface area contributed by atoms with Gasteiger partial charge in [-0.15, -0.1) is 0 Å². The van der Waals surface area contributed by atoms with Gasteiger partial charge in [-0.2, -0.15) is 0 Å². The smallest absolute Gasteiger partial charge is 0.302 e. The molecule has 0 radical (unpaired) electrons. The zero-order valence-corrected chi connectivity index (χ0v) is 12.3. The second-order valence-corrected chi connectivity index (χ2v) is 4.49. The van der Waals surface area contributed by atoms with E-state index in [0.717, 1.165) is 6.07 Å². The number of aliphatic hydroxyl groups excluding tert-OH is 1. The average molecular weight is 311 g/mol. The van der Waals surface area contributed by atoms with Crippen LogP contribution in [0.2, 0.25) is 0 Å². The fourth-order valence-electron chi connectivity index (χ4n) is 1.76. The summed E-state index contributed by atoms with van der Waals surface area (Å²) in [6.07, 6.45) is 0.396. The average Bonchev–Trinajstić information content (AvgIpc) is 2.45. The number of ether oxygens (including phenoxy) is 2. The molecule has 0 atom stereocenters. The van der Waals surface area contributed by atoms with E-state index in [2.05, 4.69) is 0 Å². The lowest BCUT2D eigenvalue weighted by Gasteiger charge is -2.11. The van der Waals surface area contributed by atoms with Crippen LogP contribution in [0.5, 0.6) is 5.75 Å². The van der Waals surface area contributed by atoms with Crippen LogP contribution in [0.15, 0.2) is 12.1 Å². The Labute approximate surface area is 126 Å². The molecule has 1 N–H and O–H groups in total. The number of carbonyl (C=O) groups excluding carboxylic acids is 2. The molecule has 1 aromatic rings. The highest BCUT2D eigenvalue weighted by atomic mass is 16.6. The zero-order valence-electron chi connectivity index (χ0n) is 12.3. The molecule has 22 heavy (non-hydrogen) atoms. The van der Waals surface area contributed by atoms with E-state index in [9.17, 15) is 24.8 Å². The van der Waals surface area contributed by atoms with Crippen LogP contribution < -0.4 is 4.74 Å². The summed E-state index contributed by atoms with van der Waals surface area (Å²) in [4.78, 5) is 32.4. The summed E-state index contributed by atoms with van der Waals surface area (Å²) in [5.41, 5.74) is -0.177. The maximum absolute atomic E-state index is 11.4. The lowest BCUT2D eigenvalue weighted by atomic mass is 10.0. The Kier molecular flexibility index (Phi) is 6.46. The maximum atomic E-state index is 11.4. The van der Waals surface area contributed by atoms with Gasteiger partial charge in [0, 0.05) is 18.9 Å². The number of hydrogen-bond donors (Lipinski definition) is 1. The van der Waals surface area contributed by atoms with Crippen LogP contribution in [0.4, 0.5) is 5.69 Å². The summed E-state index contributed by atoms with van der Waals surface area (Å²) in [5.74, 6) is -0.748. The van der Waals surface area contributed by atoms with Crippen molar-refractivity contribution >= 4 is 17.4 Å². The van der Waals surface area contributed by atoms with Crippen molar-refractivity contribution in [3.63, 3.8) is 0 Å². The van der Waals surface area contributed by atoms with E-state index in [4.69, 9.17) is 9.47 Å². The number of hydrogen-bond acceptors (Lipinski definition) is 7. The third-order valence-corrected chi connectivity index (χ3v) is 2.78. The van der Waals surface area contributed by atoms with E-state index < -0.39 is 23.3 Å². The Balaban J connectivity index is 2.89. The third kappa shape index (κ3) is 4.81. The lowest BCUT2D eigenvalue weighted by Crippen LogP contribution is -2.08. The van der Waals surface area contributed by atoms with Crippen LogP contribution >= 0.6 is 0 Å². The van der Waals surface area contributed by atoms with Crippen molar-refractivity contribution in [1.29, 1.82) is 0 Å². The highest BCUT2D eigenvalue weighted by Crippen LogP contribution is 2.29. The Morgan fingerprint density at radius 1 is 1.27 bits per heavy atom. The Hall–Kier alpha value is -2.48. The standard InChI is InChI=1S/C14H17NO7/c1-9(17)12-6-11(8-16)14(7-13(12)15(19)20)22-5-3-4-21-10(2)18/h6-7,16H,3-5,8H2,1-2H3. The summed E-state index contributed by atoms with van der Waals surface area (Å²) in [7, 11) is 0. The number of ketones is 1. The molecule has 0 aliphatic rings. The summed E-state index contributed by atoms with van der Waals surface area (Å²) >= 11 is 0. The largest absolute Gasteiger partial charge is 0.493 e. The number of nitro groups is 1. The van der Waals surface area contributed by atoms with Gasteiger partial charge < -0.3 is 14.6 Å². The summed E-state index contributed by atoms with van der Waals surface area (Å²) in [6.45, 7) is 2.39. The Morgan fingerprint density at radius 2 is 1.95 bits per heavy atom. The molecule has 0 bridgehead atoms. The van der Waals surface area contributed by atoms with Crippen molar-refractivity contribution in [2.45, 2.75) is 26.9 Å². The predicted octanol–water partition coefficient (Wildman–Crippen LogP) is 1.62. The highest BCUT2D eigenvalue weighted by molar-refractivity contribution is 5.98. The number of nitro benzene ring substituents is 1. The molecule has 0 aliphatic carbocycles. The van der Waals surface area contributed by atoms with Gasteiger partial charge in [0.2, 0.25) is 0 Å². The maximum Gasteiger partial charge on any atom is 0.302 e. The van der Waals surface area contributed by atoms with E-state index >= 15 is 0 Å². The zero-order chi connectivity index (χ0) is 16.7. The minimum absolute atomic E-state index is 0.0821. The van der Waals surface area contributed by atoms with Crippen molar-refractivity contribution in [3.8, 4) is 5.75 Å². The molecular weight excluding hydrogens is 294 g/mol. The molecular formula is C14H17NO7. The lowest BCUT2D eigenvalue weighted by molar-refractivity contribution is -0.385. The van der Waals surface area contributed by atoms with E-state index in [0.29, 0.717) is 6.42 Å². The van der Waals surface area contributed by atoms with Crippen LogP contribution in [-0.4, -0.2) is 35.0 Å². The van der Waals surface area contributed by atoms with E-state index in [1.807, 2.05) is 0 Å². The van der Waals surface area contributed by atoms with Gasteiger partial charge >= 0.3 is 5.97 Å². The van der Waals surface area contributed by atoms with Crippen molar-refractivity contribution < 1.29 is 29.1 Å². The van der Waals surface area contributed by atoms with Gasteiger partial charge in [0.15, 0.2) is 5.78 Å². The molecule has 1 aromatic carbocycles. The van der Waals surface area contributed by atoms with Gasteiger partial charge in [0.25, 0.3) is 5.69 Å². The molecule has 0 spiro atoms. The van der Waals surface area contributed by atoms with Crippen molar-refractivity contribution in [1.82, 2.24) is 0 Å². The first-order valence-electron chi connectivity index (χ1n) is 6.56. The minimum atomic E-state index is -0.677. The number of benzene rings is 1. The normalized spacial score (nSPS) is 10.1. The van der Waals surface area contributed by atoms with Gasteiger partial charge in [-0.25, -0.2) is 0 Å². The predicted molar refractivity (Wildman–Crippen MR) is 75.8 cm³/mol.